The van der Waals surface area contributed by atoms with E-state index in [1.165, 1.54) is 11.0 Å². The Morgan fingerprint density at radius 1 is 1.19 bits per heavy atom. The van der Waals surface area contributed by atoms with Crippen molar-refractivity contribution in [3.63, 3.8) is 0 Å². The van der Waals surface area contributed by atoms with E-state index in [2.05, 4.69) is 0 Å². The minimum atomic E-state index is -0.715. The molecule has 0 saturated carbocycles. The number of halogens is 2. The van der Waals surface area contributed by atoms with Crippen molar-refractivity contribution < 1.29 is 23.1 Å². The van der Waals surface area contributed by atoms with Crippen LogP contribution in [-0.2, 0) is 16.0 Å². The van der Waals surface area contributed by atoms with E-state index in [0.717, 1.165) is 6.07 Å². The summed E-state index contributed by atoms with van der Waals surface area (Å²) in [6.07, 6.45) is 0.421. The molecule has 2 amide bonds. The average Bonchev–Trinajstić information content (AvgIpc) is 3.25. The van der Waals surface area contributed by atoms with Crippen molar-refractivity contribution in [3.05, 3.63) is 53.6 Å². The summed E-state index contributed by atoms with van der Waals surface area (Å²) in [5.74, 6) is -1.64. The highest BCUT2D eigenvalue weighted by molar-refractivity contribution is 6.05. The Balaban J connectivity index is 1.54. The summed E-state index contributed by atoms with van der Waals surface area (Å²) in [7, 11) is 1.56. The van der Waals surface area contributed by atoms with E-state index in [0.29, 0.717) is 30.0 Å². The summed E-state index contributed by atoms with van der Waals surface area (Å²) in [5.41, 5.74) is 1.31. The molecule has 2 aliphatic rings. The van der Waals surface area contributed by atoms with Crippen LogP contribution in [0.3, 0.4) is 0 Å². The average molecular weight is 372 g/mol. The standard InChI is InChI=1S/C20H18F2N2O3/c1-27-15-4-2-14(3-5-15)24-11-12(8-19(24)25)20(26)23-7-6-16-17(22)9-13(21)10-18(16)23/h2-5,9-10,12H,6-8,11H2,1H3. The van der Waals surface area contributed by atoms with E-state index in [-0.39, 0.29) is 30.5 Å². The first-order valence-corrected chi connectivity index (χ1v) is 8.71. The van der Waals surface area contributed by atoms with Gasteiger partial charge in [-0.1, -0.05) is 0 Å². The third kappa shape index (κ3) is 3.03. The first kappa shape index (κ1) is 17.5. The van der Waals surface area contributed by atoms with Crippen LogP contribution in [0.4, 0.5) is 20.2 Å². The third-order valence-electron chi connectivity index (χ3n) is 5.14. The van der Waals surface area contributed by atoms with Gasteiger partial charge in [0, 0.05) is 36.8 Å². The number of hydrogen-bond donors (Lipinski definition) is 0. The van der Waals surface area contributed by atoms with Crippen LogP contribution in [0.15, 0.2) is 36.4 Å². The highest BCUT2D eigenvalue weighted by atomic mass is 19.1. The molecular weight excluding hydrogens is 354 g/mol. The minimum Gasteiger partial charge on any atom is -0.497 e. The van der Waals surface area contributed by atoms with Crippen LogP contribution in [-0.4, -0.2) is 32.0 Å². The molecule has 0 radical (unpaired) electrons. The zero-order valence-electron chi connectivity index (χ0n) is 14.7. The molecule has 2 aromatic carbocycles. The van der Waals surface area contributed by atoms with Crippen molar-refractivity contribution in [2.24, 2.45) is 5.92 Å². The smallest absolute Gasteiger partial charge is 0.232 e. The Morgan fingerprint density at radius 3 is 2.63 bits per heavy atom. The SMILES string of the molecule is COc1ccc(N2CC(C(=O)N3CCc4c(F)cc(F)cc43)CC2=O)cc1. The Kier molecular flexibility index (Phi) is 4.30. The Bertz CT molecular complexity index is 914. The highest BCUT2D eigenvalue weighted by Gasteiger charge is 2.39. The Labute approximate surface area is 155 Å². The number of benzene rings is 2. The second-order valence-corrected chi connectivity index (χ2v) is 6.73. The lowest BCUT2D eigenvalue weighted by molar-refractivity contribution is -0.124. The molecule has 7 heteroatoms. The molecule has 1 saturated heterocycles. The molecule has 2 heterocycles. The van der Waals surface area contributed by atoms with Crippen LogP contribution in [0.1, 0.15) is 12.0 Å². The molecule has 0 N–H and O–H groups in total. The fourth-order valence-electron chi connectivity index (χ4n) is 3.76. The summed E-state index contributed by atoms with van der Waals surface area (Å²) >= 11 is 0. The zero-order chi connectivity index (χ0) is 19.1. The molecule has 2 aromatic rings. The van der Waals surface area contributed by atoms with Gasteiger partial charge in [0.05, 0.1) is 18.7 Å². The molecule has 27 heavy (non-hydrogen) atoms. The lowest BCUT2D eigenvalue weighted by atomic mass is 10.1. The topological polar surface area (TPSA) is 49.9 Å². The highest BCUT2D eigenvalue weighted by Crippen LogP contribution is 2.34. The molecule has 1 unspecified atom stereocenters. The lowest BCUT2D eigenvalue weighted by Crippen LogP contribution is -2.36. The molecular formula is C20H18F2N2O3. The van der Waals surface area contributed by atoms with Gasteiger partial charge in [0.1, 0.15) is 17.4 Å². The van der Waals surface area contributed by atoms with Crippen LogP contribution >= 0.6 is 0 Å². The molecule has 0 bridgehead atoms. The number of nitrogens with zero attached hydrogens (tertiary/aromatic N) is 2. The van der Waals surface area contributed by atoms with Gasteiger partial charge in [-0.05, 0) is 36.8 Å². The van der Waals surface area contributed by atoms with Gasteiger partial charge in [-0.25, -0.2) is 8.78 Å². The normalized spacial score (nSPS) is 18.8. The molecule has 0 aromatic heterocycles. The Morgan fingerprint density at radius 2 is 1.93 bits per heavy atom. The molecule has 0 spiro atoms. The van der Waals surface area contributed by atoms with Crippen LogP contribution in [0.5, 0.6) is 5.75 Å². The largest absolute Gasteiger partial charge is 0.497 e. The number of fused-ring (bicyclic) bond motifs is 1. The molecule has 2 aliphatic heterocycles. The number of amides is 2. The quantitative estimate of drug-likeness (QED) is 0.833. The first-order chi connectivity index (χ1) is 13.0. The van der Waals surface area contributed by atoms with E-state index in [1.807, 2.05) is 0 Å². The summed E-state index contributed by atoms with van der Waals surface area (Å²) in [6, 6.07) is 9.04. The fraction of sp³-hybridized carbons (Fsp3) is 0.300. The summed E-state index contributed by atoms with van der Waals surface area (Å²) in [5, 5.41) is 0. The maximum absolute atomic E-state index is 13.9. The molecule has 1 fully saturated rings. The van der Waals surface area contributed by atoms with Crippen LogP contribution in [0, 0.1) is 17.6 Å². The maximum Gasteiger partial charge on any atom is 0.232 e. The summed E-state index contributed by atoms with van der Waals surface area (Å²) < 4.78 is 32.6. The van der Waals surface area contributed by atoms with Gasteiger partial charge in [0.2, 0.25) is 11.8 Å². The van der Waals surface area contributed by atoms with Gasteiger partial charge in [0.15, 0.2) is 0 Å². The molecule has 5 nitrogen and oxygen atoms in total. The van der Waals surface area contributed by atoms with Crippen molar-refractivity contribution in [2.75, 3.05) is 30.0 Å². The molecule has 1 atom stereocenters. The van der Waals surface area contributed by atoms with Crippen LogP contribution < -0.4 is 14.5 Å². The van der Waals surface area contributed by atoms with Crippen LogP contribution in [0.2, 0.25) is 0 Å². The monoisotopic (exact) mass is 372 g/mol. The van der Waals surface area contributed by atoms with Crippen molar-refractivity contribution in [1.29, 1.82) is 0 Å². The van der Waals surface area contributed by atoms with Gasteiger partial charge in [-0.15, -0.1) is 0 Å². The Hall–Kier alpha value is -2.96. The number of rotatable bonds is 3. The van der Waals surface area contributed by atoms with Gasteiger partial charge in [-0.2, -0.15) is 0 Å². The van der Waals surface area contributed by atoms with E-state index in [4.69, 9.17) is 4.74 Å². The first-order valence-electron chi connectivity index (χ1n) is 8.71. The number of carbonyl (C=O) groups excluding carboxylic acids is 2. The van der Waals surface area contributed by atoms with Crippen molar-refractivity contribution >= 4 is 23.2 Å². The summed E-state index contributed by atoms with van der Waals surface area (Å²) in [4.78, 5) is 28.3. The van der Waals surface area contributed by atoms with Crippen LogP contribution in [0.25, 0.3) is 0 Å². The minimum absolute atomic E-state index is 0.0779. The number of carbonyl (C=O) groups is 2. The summed E-state index contributed by atoms with van der Waals surface area (Å²) in [6.45, 7) is 0.537. The zero-order valence-corrected chi connectivity index (χ0v) is 14.7. The number of ether oxygens (including phenoxy) is 1. The van der Waals surface area contributed by atoms with Gasteiger partial charge < -0.3 is 14.5 Å². The van der Waals surface area contributed by atoms with E-state index < -0.39 is 17.6 Å². The number of anilines is 2. The third-order valence-corrected chi connectivity index (χ3v) is 5.14. The van der Waals surface area contributed by atoms with Crippen molar-refractivity contribution in [3.8, 4) is 5.75 Å². The molecule has 140 valence electrons. The fourth-order valence-corrected chi connectivity index (χ4v) is 3.76. The van der Waals surface area contributed by atoms with Gasteiger partial charge in [0.25, 0.3) is 0 Å². The predicted molar refractivity (Wildman–Crippen MR) is 95.9 cm³/mol. The maximum atomic E-state index is 13.9. The van der Waals surface area contributed by atoms with E-state index in [9.17, 15) is 18.4 Å². The lowest BCUT2D eigenvalue weighted by Gasteiger charge is -2.22. The molecule has 4 rings (SSSR count). The number of hydrogen-bond acceptors (Lipinski definition) is 3. The molecule has 0 aliphatic carbocycles. The van der Waals surface area contributed by atoms with E-state index >= 15 is 0 Å². The van der Waals surface area contributed by atoms with Gasteiger partial charge >= 0.3 is 0 Å². The predicted octanol–water partition coefficient (Wildman–Crippen LogP) is 2.92. The second kappa shape index (κ2) is 6.64. The van der Waals surface area contributed by atoms with Crippen molar-refractivity contribution in [2.45, 2.75) is 12.8 Å². The number of methoxy groups -OCH3 is 1. The van der Waals surface area contributed by atoms with E-state index in [1.54, 1.807) is 36.3 Å². The van der Waals surface area contributed by atoms with Gasteiger partial charge in [-0.3, -0.25) is 9.59 Å². The second-order valence-electron chi connectivity index (χ2n) is 6.73. The van der Waals surface area contributed by atoms with Crippen molar-refractivity contribution in [1.82, 2.24) is 0 Å².